The summed E-state index contributed by atoms with van der Waals surface area (Å²) in [6.45, 7) is 0.482. The molecule has 0 bridgehead atoms. The molecule has 0 atom stereocenters. The second kappa shape index (κ2) is 8.35. The van der Waals surface area contributed by atoms with Gasteiger partial charge in [-0.1, -0.05) is 36.4 Å². The minimum absolute atomic E-state index is 0.0940. The quantitative estimate of drug-likeness (QED) is 0.642. The fourth-order valence-electron chi connectivity index (χ4n) is 3.38. The predicted molar refractivity (Wildman–Crippen MR) is 101 cm³/mol. The Labute approximate surface area is 153 Å². The van der Waals surface area contributed by atoms with Crippen LogP contribution >= 0.6 is 0 Å². The molecule has 3 rings (SSSR count). The lowest BCUT2D eigenvalue weighted by Crippen LogP contribution is -2.26. The molecule has 2 aromatic carbocycles. The lowest BCUT2D eigenvalue weighted by Gasteiger charge is -2.19. The zero-order valence-corrected chi connectivity index (χ0v) is 14.7. The number of rotatable bonds is 5. The summed E-state index contributed by atoms with van der Waals surface area (Å²) >= 11 is 0. The normalized spacial score (nSPS) is 13.6. The average Bonchev–Trinajstić information content (AvgIpc) is 2.68. The van der Waals surface area contributed by atoms with E-state index in [1.807, 2.05) is 36.4 Å². The first-order valence-electron chi connectivity index (χ1n) is 8.96. The summed E-state index contributed by atoms with van der Waals surface area (Å²) in [6, 6.07) is 15.3. The maximum absolute atomic E-state index is 12.4. The van der Waals surface area contributed by atoms with Gasteiger partial charge in [0.2, 0.25) is 0 Å². The van der Waals surface area contributed by atoms with Crippen molar-refractivity contribution in [3.8, 4) is 11.8 Å². The van der Waals surface area contributed by atoms with Crippen LogP contribution in [0, 0.1) is 11.3 Å². The molecule has 1 aliphatic carbocycles. The van der Waals surface area contributed by atoms with E-state index in [0.717, 1.165) is 54.4 Å². The first-order valence-corrected chi connectivity index (χ1v) is 8.96. The van der Waals surface area contributed by atoms with Crippen LogP contribution in [0.5, 0.6) is 5.75 Å². The van der Waals surface area contributed by atoms with E-state index in [-0.39, 0.29) is 11.5 Å². The van der Waals surface area contributed by atoms with Crippen molar-refractivity contribution in [2.75, 3.05) is 6.54 Å². The first kappa shape index (κ1) is 17.8. The molecule has 0 fully saturated rings. The van der Waals surface area contributed by atoms with E-state index in [9.17, 15) is 15.2 Å². The predicted octanol–water partition coefficient (Wildman–Crippen LogP) is 3.54. The number of aromatic hydroxyl groups is 1. The van der Waals surface area contributed by atoms with Crippen LogP contribution in [0.25, 0.3) is 6.08 Å². The van der Waals surface area contributed by atoms with Crippen molar-refractivity contribution in [1.29, 1.82) is 5.26 Å². The van der Waals surface area contributed by atoms with Gasteiger partial charge in [0.05, 0.1) is 0 Å². The number of amides is 1. The van der Waals surface area contributed by atoms with Crippen molar-refractivity contribution in [3.05, 3.63) is 70.3 Å². The van der Waals surface area contributed by atoms with Crippen LogP contribution in [-0.2, 0) is 24.1 Å². The Morgan fingerprint density at radius 1 is 1.12 bits per heavy atom. The molecule has 2 N–H and O–H groups in total. The van der Waals surface area contributed by atoms with E-state index in [1.165, 1.54) is 0 Å². The fraction of sp³-hybridized carbons (Fsp3) is 0.273. The summed E-state index contributed by atoms with van der Waals surface area (Å²) < 4.78 is 0. The van der Waals surface area contributed by atoms with Gasteiger partial charge in [0.15, 0.2) is 0 Å². The summed E-state index contributed by atoms with van der Waals surface area (Å²) in [5, 5.41) is 22.3. The number of nitriles is 1. The van der Waals surface area contributed by atoms with Gasteiger partial charge in [-0.2, -0.15) is 5.26 Å². The molecule has 2 aromatic rings. The van der Waals surface area contributed by atoms with E-state index in [0.29, 0.717) is 12.3 Å². The van der Waals surface area contributed by atoms with Crippen molar-refractivity contribution in [3.63, 3.8) is 0 Å². The highest BCUT2D eigenvalue weighted by molar-refractivity contribution is 6.01. The van der Waals surface area contributed by atoms with Crippen LogP contribution in [0.1, 0.15) is 35.1 Å². The summed E-state index contributed by atoms with van der Waals surface area (Å²) in [4.78, 5) is 12.4. The Hall–Kier alpha value is -3.06. The second-order valence-corrected chi connectivity index (χ2v) is 6.50. The third-order valence-corrected chi connectivity index (χ3v) is 4.75. The molecule has 4 nitrogen and oxygen atoms in total. The van der Waals surface area contributed by atoms with E-state index in [2.05, 4.69) is 5.32 Å². The van der Waals surface area contributed by atoms with Crippen LogP contribution in [0.4, 0.5) is 0 Å². The van der Waals surface area contributed by atoms with Crippen LogP contribution in [0.3, 0.4) is 0 Å². The molecule has 4 heteroatoms. The summed E-state index contributed by atoms with van der Waals surface area (Å²) in [5.74, 6) is -0.0521. The molecule has 0 aliphatic heterocycles. The standard InChI is InChI=1S/C22H22N2O2/c23-15-18(22(26)24-13-12-16-6-2-1-3-7-16)14-17-10-11-21(25)20-9-5-4-8-19(17)20/h1-3,6-7,10-11,14,25H,4-5,8-9,12-13H2,(H,24,26). The van der Waals surface area contributed by atoms with Crippen molar-refractivity contribution in [1.82, 2.24) is 5.32 Å². The average molecular weight is 346 g/mol. The van der Waals surface area contributed by atoms with Gasteiger partial charge in [-0.25, -0.2) is 0 Å². The molecular weight excluding hydrogens is 324 g/mol. The topological polar surface area (TPSA) is 73.1 Å². The molecule has 0 unspecified atom stereocenters. The van der Waals surface area contributed by atoms with Crippen LogP contribution in [0.2, 0.25) is 0 Å². The monoisotopic (exact) mass is 346 g/mol. The molecule has 1 amide bonds. The molecule has 26 heavy (non-hydrogen) atoms. The molecule has 0 radical (unpaired) electrons. The maximum atomic E-state index is 12.4. The molecule has 0 aromatic heterocycles. The number of fused-ring (bicyclic) bond motifs is 1. The maximum Gasteiger partial charge on any atom is 0.261 e. The van der Waals surface area contributed by atoms with Gasteiger partial charge in [-0.05, 0) is 66.5 Å². The van der Waals surface area contributed by atoms with Crippen LogP contribution in [0.15, 0.2) is 48.0 Å². The SMILES string of the molecule is N#CC(=Cc1ccc(O)c2c1CCCC2)C(=O)NCCc1ccccc1. The smallest absolute Gasteiger partial charge is 0.261 e. The molecule has 0 saturated heterocycles. The van der Waals surface area contributed by atoms with Gasteiger partial charge in [0, 0.05) is 6.54 Å². The summed E-state index contributed by atoms with van der Waals surface area (Å²) in [7, 11) is 0. The number of nitrogens with one attached hydrogen (secondary N) is 1. The highest BCUT2D eigenvalue weighted by Crippen LogP contribution is 2.32. The fourth-order valence-corrected chi connectivity index (χ4v) is 3.38. The lowest BCUT2D eigenvalue weighted by molar-refractivity contribution is -0.117. The van der Waals surface area contributed by atoms with Crippen molar-refractivity contribution in [2.24, 2.45) is 0 Å². The Morgan fingerprint density at radius 2 is 1.85 bits per heavy atom. The molecule has 0 heterocycles. The molecule has 1 aliphatic rings. The van der Waals surface area contributed by atoms with Crippen LogP contribution in [-0.4, -0.2) is 17.6 Å². The Kier molecular flexibility index (Phi) is 5.70. The third kappa shape index (κ3) is 4.12. The van der Waals surface area contributed by atoms with Crippen LogP contribution < -0.4 is 5.32 Å². The highest BCUT2D eigenvalue weighted by atomic mass is 16.3. The third-order valence-electron chi connectivity index (χ3n) is 4.75. The number of phenols is 1. The number of nitrogens with zero attached hydrogens (tertiary/aromatic N) is 1. The van der Waals surface area contributed by atoms with Crippen molar-refractivity contribution < 1.29 is 9.90 Å². The zero-order valence-electron chi connectivity index (χ0n) is 14.7. The van der Waals surface area contributed by atoms with Crippen molar-refractivity contribution >= 4 is 12.0 Å². The van der Waals surface area contributed by atoms with Gasteiger partial charge < -0.3 is 10.4 Å². The summed E-state index contributed by atoms with van der Waals surface area (Å²) in [6.07, 6.45) is 6.18. The second-order valence-electron chi connectivity index (χ2n) is 6.50. The van der Waals surface area contributed by atoms with Gasteiger partial charge in [-0.15, -0.1) is 0 Å². The highest BCUT2D eigenvalue weighted by Gasteiger charge is 2.17. The minimum Gasteiger partial charge on any atom is -0.508 e. The number of phenolic OH excluding ortho intramolecular Hbond substituents is 1. The lowest BCUT2D eigenvalue weighted by atomic mass is 9.87. The van der Waals surface area contributed by atoms with E-state index >= 15 is 0 Å². The van der Waals surface area contributed by atoms with Gasteiger partial charge in [0.1, 0.15) is 17.4 Å². The van der Waals surface area contributed by atoms with Gasteiger partial charge in [-0.3, -0.25) is 4.79 Å². The Balaban J connectivity index is 1.72. The Bertz CT molecular complexity index is 864. The zero-order chi connectivity index (χ0) is 18.4. The number of hydrogen-bond donors (Lipinski definition) is 2. The molecule has 0 spiro atoms. The summed E-state index contributed by atoms with van der Waals surface area (Å²) in [5.41, 5.74) is 4.10. The number of carbonyl (C=O) groups excluding carboxylic acids is 1. The van der Waals surface area contributed by atoms with E-state index in [1.54, 1.807) is 18.2 Å². The Morgan fingerprint density at radius 3 is 2.58 bits per heavy atom. The van der Waals surface area contributed by atoms with Crippen molar-refractivity contribution in [2.45, 2.75) is 32.1 Å². The number of benzene rings is 2. The molecular formula is C22H22N2O2. The minimum atomic E-state index is -0.360. The molecule has 0 saturated carbocycles. The van der Waals surface area contributed by atoms with Gasteiger partial charge >= 0.3 is 0 Å². The van der Waals surface area contributed by atoms with E-state index in [4.69, 9.17) is 0 Å². The number of hydrogen-bond acceptors (Lipinski definition) is 3. The number of carbonyl (C=O) groups is 1. The first-order chi connectivity index (χ1) is 12.7. The molecule has 132 valence electrons. The van der Waals surface area contributed by atoms with E-state index < -0.39 is 0 Å². The largest absolute Gasteiger partial charge is 0.508 e. The van der Waals surface area contributed by atoms with Gasteiger partial charge in [0.25, 0.3) is 5.91 Å².